The van der Waals surface area contributed by atoms with E-state index in [2.05, 4.69) is 32.1 Å². The van der Waals surface area contributed by atoms with Crippen LogP contribution in [0.1, 0.15) is 11.1 Å². The second-order valence-electron chi connectivity index (χ2n) is 4.73. The summed E-state index contributed by atoms with van der Waals surface area (Å²) in [6, 6.07) is 5.94. The number of anilines is 3. The first-order valence-corrected chi connectivity index (χ1v) is 6.43. The van der Waals surface area contributed by atoms with Crippen LogP contribution in [0.4, 0.5) is 17.6 Å². The van der Waals surface area contributed by atoms with Crippen LogP contribution in [0.2, 0.25) is 0 Å². The SMILES string of the molecule is C=CN=C(c1ccc(Nc2n[nH]c(N)n2)cc1C)N(C)C. The van der Waals surface area contributed by atoms with E-state index in [4.69, 9.17) is 5.73 Å². The molecule has 1 aromatic heterocycles. The van der Waals surface area contributed by atoms with Crippen LogP contribution in [0.3, 0.4) is 0 Å². The molecular weight excluding hydrogens is 266 g/mol. The van der Waals surface area contributed by atoms with Gasteiger partial charge in [0, 0.05) is 31.5 Å². The quantitative estimate of drug-likeness (QED) is 0.589. The molecule has 0 radical (unpaired) electrons. The number of hydrogen-bond donors (Lipinski definition) is 3. The zero-order valence-corrected chi connectivity index (χ0v) is 12.4. The van der Waals surface area contributed by atoms with E-state index in [-0.39, 0.29) is 5.95 Å². The maximum atomic E-state index is 5.49. The monoisotopic (exact) mass is 285 g/mol. The average molecular weight is 285 g/mol. The highest BCUT2D eigenvalue weighted by Gasteiger charge is 2.10. The van der Waals surface area contributed by atoms with Gasteiger partial charge in [-0.15, -0.1) is 5.10 Å². The van der Waals surface area contributed by atoms with E-state index in [0.29, 0.717) is 5.95 Å². The molecule has 0 aliphatic heterocycles. The molecule has 0 aliphatic carbocycles. The van der Waals surface area contributed by atoms with Crippen LogP contribution in [-0.4, -0.2) is 40.0 Å². The first-order valence-electron chi connectivity index (χ1n) is 6.43. The number of aromatic amines is 1. The van der Waals surface area contributed by atoms with E-state index in [1.807, 2.05) is 44.1 Å². The number of nitrogens with zero attached hydrogens (tertiary/aromatic N) is 4. The van der Waals surface area contributed by atoms with E-state index in [9.17, 15) is 0 Å². The molecule has 0 bridgehead atoms. The molecule has 21 heavy (non-hydrogen) atoms. The molecule has 110 valence electrons. The van der Waals surface area contributed by atoms with E-state index in [1.165, 1.54) is 6.20 Å². The fraction of sp³-hybridized carbons (Fsp3) is 0.214. The summed E-state index contributed by atoms with van der Waals surface area (Å²) in [4.78, 5) is 10.3. The van der Waals surface area contributed by atoms with E-state index < -0.39 is 0 Å². The highest BCUT2D eigenvalue weighted by atomic mass is 15.3. The molecule has 7 heteroatoms. The van der Waals surface area contributed by atoms with Gasteiger partial charge in [0.1, 0.15) is 5.84 Å². The molecule has 2 rings (SSSR count). The predicted molar refractivity (Wildman–Crippen MR) is 85.7 cm³/mol. The minimum absolute atomic E-state index is 0.277. The summed E-state index contributed by atoms with van der Waals surface area (Å²) in [5, 5.41) is 9.61. The fourth-order valence-electron chi connectivity index (χ4n) is 1.96. The molecule has 0 saturated carbocycles. The number of nitrogens with two attached hydrogens (primary N) is 1. The number of nitrogens with one attached hydrogen (secondary N) is 2. The number of hydrogen-bond acceptors (Lipinski definition) is 5. The maximum Gasteiger partial charge on any atom is 0.248 e. The number of H-pyrrole nitrogens is 1. The van der Waals surface area contributed by atoms with Crippen molar-refractivity contribution in [2.24, 2.45) is 4.99 Å². The fourth-order valence-corrected chi connectivity index (χ4v) is 1.96. The normalized spacial score (nSPS) is 11.3. The third-order valence-corrected chi connectivity index (χ3v) is 2.86. The molecule has 0 atom stereocenters. The Hall–Kier alpha value is -2.83. The summed E-state index contributed by atoms with van der Waals surface area (Å²) in [6.07, 6.45) is 1.54. The van der Waals surface area contributed by atoms with Crippen LogP contribution < -0.4 is 11.1 Å². The van der Waals surface area contributed by atoms with Crippen LogP contribution in [-0.2, 0) is 0 Å². The number of amidine groups is 1. The van der Waals surface area contributed by atoms with Gasteiger partial charge in [-0.2, -0.15) is 4.98 Å². The zero-order chi connectivity index (χ0) is 15.4. The van der Waals surface area contributed by atoms with Crippen molar-refractivity contribution in [3.05, 3.63) is 42.1 Å². The highest BCUT2D eigenvalue weighted by molar-refractivity contribution is 6.00. The van der Waals surface area contributed by atoms with Crippen molar-refractivity contribution in [3.63, 3.8) is 0 Å². The van der Waals surface area contributed by atoms with E-state index in [0.717, 1.165) is 22.6 Å². The van der Waals surface area contributed by atoms with Crippen LogP contribution in [0, 0.1) is 6.92 Å². The van der Waals surface area contributed by atoms with Crippen LogP contribution in [0.25, 0.3) is 0 Å². The summed E-state index contributed by atoms with van der Waals surface area (Å²) in [5.41, 5.74) is 8.50. The van der Waals surface area contributed by atoms with E-state index >= 15 is 0 Å². The van der Waals surface area contributed by atoms with Crippen LogP contribution in [0.15, 0.2) is 36.0 Å². The Balaban J connectivity index is 2.28. The molecule has 1 heterocycles. The molecule has 0 amide bonds. The number of aliphatic imine (C=N–C) groups is 1. The van der Waals surface area contributed by atoms with Crippen molar-refractivity contribution in [3.8, 4) is 0 Å². The lowest BCUT2D eigenvalue weighted by molar-refractivity contribution is 0.623. The van der Waals surface area contributed by atoms with Gasteiger partial charge in [-0.1, -0.05) is 6.58 Å². The van der Waals surface area contributed by atoms with Gasteiger partial charge >= 0.3 is 0 Å². The van der Waals surface area contributed by atoms with Gasteiger partial charge in [0.25, 0.3) is 0 Å². The van der Waals surface area contributed by atoms with Crippen LogP contribution in [0.5, 0.6) is 0 Å². The van der Waals surface area contributed by atoms with Gasteiger partial charge in [-0.05, 0) is 30.7 Å². The number of aromatic nitrogens is 3. The highest BCUT2D eigenvalue weighted by Crippen LogP contribution is 2.19. The van der Waals surface area contributed by atoms with Gasteiger partial charge in [-0.3, -0.25) is 0 Å². The molecule has 0 saturated heterocycles. The molecule has 1 aromatic carbocycles. The largest absolute Gasteiger partial charge is 0.368 e. The van der Waals surface area contributed by atoms with Gasteiger partial charge in [0.05, 0.1) is 0 Å². The Kier molecular flexibility index (Phi) is 4.22. The van der Waals surface area contributed by atoms with E-state index in [1.54, 1.807) is 0 Å². The lowest BCUT2D eigenvalue weighted by atomic mass is 10.1. The van der Waals surface area contributed by atoms with Gasteiger partial charge in [0.2, 0.25) is 11.9 Å². The molecule has 0 unspecified atom stereocenters. The topological polar surface area (TPSA) is 95.2 Å². The van der Waals surface area contributed by atoms with Crippen molar-refractivity contribution in [2.75, 3.05) is 25.1 Å². The Labute approximate surface area is 123 Å². The Morgan fingerprint density at radius 2 is 2.24 bits per heavy atom. The second kappa shape index (κ2) is 6.08. The molecule has 4 N–H and O–H groups in total. The number of rotatable bonds is 4. The smallest absolute Gasteiger partial charge is 0.248 e. The first-order chi connectivity index (χ1) is 10.0. The number of benzene rings is 1. The molecular formula is C14H19N7. The van der Waals surface area contributed by atoms with Crippen molar-refractivity contribution >= 4 is 23.4 Å². The summed E-state index contributed by atoms with van der Waals surface area (Å²) < 4.78 is 0. The Morgan fingerprint density at radius 3 is 2.76 bits per heavy atom. The molecule has 0 fully saturated rings. The number of aryl methyl sites for hydroxylation is 1. The van der Waals surface area contributed by atoms with Crippen molar-refractivity contribution in [1.29, 1.82) is 0 Å². The second-order valence-corrected chi connectivity index (χ2v) is 4.73. The first kappa shape index (κ1) is 14.6. The standard InChI is InChI=1S/C14H19N7/c1-5-16-12(21(3)4)11-7-6-10(8-9(11)2)17-14-18-13(15)19-20-14/h5-8H,1H2,2-4H3,(H4,15,17,18,19,20). The molecule has 0 aliphatic rings. The lowest BCUT2D eigenvalue weighted by Gasteiger charge is -2.18. The van der Waals surface area contributed by atoms with Crippen molar-refractivity contribution in [1.82, 2.24) is 20.1 Å². The van der Waals surface area contributed by atoms with Crippen molar-refractivity contribution < 1.29 is 0 Å². The summed E-state index contributed by atoms with van der Waals surface area (Å²) >= 11 is 0. The summed E-state index contributed by atoms with van der Waals surface area (Å²) in [5.74, 6) is 1.57. The van der Waals surface area contributed by atoms with Gasteiger partial charge in [-0.25, -0.2) is 10.1 Å². The van der Waals surface area contributed by atoms with Crippen LogP contribution >= 0.6 is 0 Å². The third-order valence-electron chi connectivity index (χ3n) is 2.86. The van der Waals surface area contributed by atoms with Crippen molar-refractivity contribution in [2.45, 2.75) is 6.92 Å². The zero-order valence-electron chi connectivity index (χ0n) is 12.4. The Morgan fingerprint density at radius 1 is 1.48 bits per heavy atom. The molecule has 7 nitrogen and oxygen atoms in total. The number of nitrogen functional groups attached to an aromatic ring is 1. The minimum Gasteiger partial charge on any atom is -0.368 e. The summed E-state index contributed by atoms with van der Waals surface area (Å²) in [7, 11) is 3.90. The van der Waals surface area contributed by atoms with Gasteiger partial charge < -0.3 is 16.0 Å². The Bertz CT molecular complexity index is 670. The average Bonchev–Trinajstić information content (AvgIpc) is 2.82. The maximum absolute atomic E-state index is 5.49. The minimum atomic E-state index is 0.277. The summed E-state index contributed by atoms with van der Waals surface area (Å²) in [6.45, 7) is 5.68. The third kappa shape index (κ3) is 3.38. The lowest BCUT2D eigenvalue weighted by Crippen LogP contribution is -2.23. The molecule has 2 aromatic rings. The molecule has 0 spiro atoms. The predicted octanol–water partition coefficient (Wildman–Crippen LogP) is 1.89. The van der Waals surface area contributed by atoms with Gasteiger partial charge in [0.15, 0.2) is 0 Å².